The number of aromatic amines is 1. The second kappa shape index (κ2) is 5.38. The van der Waals surface area contributed by atoms with Gasteiger partial charge in [0.1, 0.15) is 0 Å². The highest BCUT2D eigenvalue weighted by molar-refractivity contribution is 9.10. The van der Waals surface area contributed by atoms with Crippen LogP contribution in [0.25, 0.3) is 0 Å². The van der Waals surface area contributed by atoms with Crippen molar-refractivity contribution < 1.29 is 0 Å². The SMILES string of the molecule is CC(NC1CC(c2ccc(Br)cc2)C1)c1nn[nH]n1. The molecular formula is C13H16BrN5. The van der Waals surface area contributed by atoms with Crippen LogP contribution in [0.4, 0.5) is 0 Å². The Morgan fingerprint density at radius 2 is 2.05 bits per heavy atom. The lowest BCUT2D eigenvalue weighted by Gasteiger charge is -2.37. The lowest BCUT2D eigenvalue weighted by atomic mass is 9.75. The van der Waals surface area contributed by atoms with Gasteiger partial charge in [-0.3, -0.25) is 0 Å². The van der Waals surface area contributed by atoms with Gasteiger partial charge in [0.25, 0.3) is 0 Å². The van der Waals surface area contributed by atoms with Gasteiger partial charge in [-0.25, -0.2) is 0 Å². The third kappa shape index (κ3) is 2.84. The van der Waals surface area contributed by atoms with Gasteiger partial charge >= 0.3 is 0 Å². The Bertz CT molecular complexity index is 518. The van der Waals surface area contributed by atoms with Crippen LogP contribution in [0.15, 0.2) is 28.7 Å². The minimum atomic E-state index is 0.148. The average molecular weight is 322 g/mol. The van der Waals surface area contributed by atoms with Crippen LogP contribution < -0.4 is 5.32 Å². The molecule has 0 amide bonds. The molecular weight excluding hydrogens is 306 g/mol. The summed E-state index contributed by atoms with van der Waals surface area (Å²) in [5, 5.41) is 17.6. The minimum absolute atomic E-state index is 0.148. The molecule has 0 saturated heterocycles. The van der Waals surface area contributed by atoms with Crippen molar-refractivity contribution in [1.29, 1.82) is 0 Å². The Morgan fingerprint density at radius 1 is 1.32 bits per heavy atom. The van der Waals surface area contributed by atoms with E-state index < -0.39 is 0 Å². The number of tetrazole rings is 1. The molecule has 1 fully saturated rings. The number of nitrogens with zero attached hydrogens (tertiary/aromatic N) is 3. The third-order valence-electron chi connectivity index (χ3n) is 3.71. The number of H-pyrrole nitrogens is 1. The first-order chi connectivity index (χ1) is 9.22. The molecule has 19 heavy (non-hydrogen) atoms. The molecule has 1 aliphatic carbocycles. The van der Waals surface area contributed by atoms with Crippen LogP contribution in [0.2, 0.25) is 0 Å². The molecule has 0 spiro atoms. The van der Waals surface area contributed by atoms with E-state index in [1.165, 1.54) is 18.4 Å². The number of halogens is 1. The van der Waals surface area contributed by atoms with Crippen molar-refractivity contribution in [2.24, 2.45) is 0 Å². The van der Waals surface area contributed by atoms with Crippen molar-refractivity contribution in [2.45, 2.75) is 37.8 Å². The summed E-state index contributed by atoms with van der Waals surface area (Å²) in [5.74, 6) is 1.40. The largest absolute Gasteiger partial charge is 0.305 e. The Morgan fingerprint density at radius 3 is 2.68 bits per heavy atom. The van der Waals surface area contributed by atoms with Crippen molar-refractivity contribution in [3.8, 4) is 0 Å². The average Bonchev–Trinajstić information content (AvgIpc) is 2.88. The van der Waals surface area contributed by atoms with E-state index in [1.54, 1.807) is 0 Å². The molecule has 1 aromatic heterocycles. The van der Waals surface area contributed by atoms with Crippen LogP contribution in [0, 0.1) is 0 Å². The lowest BCUT2D eigenvalue weighted by molar-refractivity contribution is 0.267. The van der Waals surface area contributed by atoms with Gasteiger partial charge in [-0.05, 0) is 43.4 Å². The van der Waals surface area contributed by atoms with Gasteiger partial charge in [0.15, 0.2) is 5.82 Å². The molecule has 5 nitrogen and oxygen atoms in total. The summed E-state index contributed by atoms with van der Waals surface area (Å²) in [5.41, 5.74) is 1.42. The Hall–Kier alpha value is -1.27. The standard InChI is InChI=1S/C13H16BrN5/c1-8(13-16-18-19-17-13)15-12-6-10(7-12)9-2-4-11(14)5-3-9/h2-5,8,10,12,15H,6-7H2,1H3,(H,16,17,18,19). The van der Waals surface area contributed by atoms with E-state index in [0.717, 1.165) is 10.3 Å². The topological polar surface area (TPSA) is 66.5 Å². The third-order valence-corrected chi connectivity index (χ3v) is 4.24. The van der Waals surface area contributed by atoms with E-state index in [9.17, 15) is 0 Å². The van der Waals surface area contributed by atoms with E-state index in [1.807, 2.05) is 0 Å². The maximum atomic E-state index is 4.00. The van der Waals surface area contributed by atoms with Crippen LogP contribution in [0.5, 0.6) is 0 Å². The van der Waals surface area contributed by atoms with Gasteiger partial charge < -0.3 is 5.32 Å². The Balaban J connectivity index is 1.51. The fraction of sp³-hybridized carbons (Fsp3) is 0.462. The second-order valence-electron chi connectivity index (χ2n) is 5.08. The molecule has 6 heteroatoms. The molecule has 2 N–H and O–H groups in total. The predicted octanol–water partition coefficient (Wildman–Crippen LogP) is 2.56. The summed E-state index contributed by atoms with van der Waals surface area (Å²) >= 11 is 3.47. The monoisotopic (exact) mass is 321 g/mol. The molecule has 1 atom stereocenters. The van der Waals surface area contributed by atoms with Crippen LogP contribution in [-0.2, 0) is 0 Å². The number of hydrogen-bond donors (Lipinski definition) is 2. The van der Waals surface area contributed by atoms with Gasteiger partial charge in [-0.15, -0.1) is 10.2 Å². The maximum Gasteiger partial charge on any atom is 0.191 e. The summed E-state index contributed by atoms with van der Waals surface area (Å²) < 4.78 is 1.14. The van der Waals surface area contributed by atoms with E-state index in [4.69, 9.17) is 0 Å². The number of benzene rings is 1. The number of nitrogens with one attached hydrogen (secondary N) is 2. The van der Waals surface area contributed by atoms with Crippen molar-refractivity contribution >= 4 is 15.9 Å². The summed E-state index contributed by atoms with van der Waals surface area (Å²) in [7, 11) is 0. The zero-order chi connectivity index (χ0) is 13.2. The van der Waals surface area contributed by atoms with Crippen molar-refractivity contribution in [2.75, 3.05) is 0 Å². The zero-order valence-corrected chi connectivity index (χ0v) is 12.3. The fourth-order valence-electron chi connectivity index (χ4n) is 2.54. The molecule has 2 aromatic rings. The van der Waals surface area contributed by atoms with Crippen LogP contribution in [0.3, 0.4) is 0 Å². The van der Waals surface area contributed by atoms with Crippen LogP contribution in [-0.4, -0.2) is 26.7 Å². The lowest BCUT2D eigenvalue weighted by Crippen LogP contribution is -2.41. The van der Waals surface area contributed by atoms with Gasteiger partial charge in [0, 0.05) is 10.5 Å². The highest BCUT2D eigenvalue weighted by Gasteiger charge is 2.31. The molecule has 3 rings (SSSR count). The predicted molar refractivity (Wildman–Crippen MR) is 75.6 cm³/mol. The smallest absolute Gasteiger partial charge is 0.191 e. The molecule has 1 aliphatic rings. The van der Waals surface area contributed by atoms with Gasteiger partial charge in [-0.1, -0.05) is 33.3 Å². The molecule has 0 bridgehead atoms. The number of rotatable bonds is 4. The molecule has 100 valence electrons. The first-order valence-corrected chi connectivity index (χ1v) is 7.26. The van der Waals surface area contributed by atoms with Gasteiger partial charge in [-0.2, -0.15) is 5.21 Å². The highest BCUT2D eigenvalue weighted by atomic mass is 79.9. The molecule has 1 unspecified atom stereocenters. The maximum absolute atomic E-state index is 4.00. The Labute approximate surface area is 120 Å². The summed E-state index contributed by atoms with van der Waals surface area (Å²) in [6.07, 6.45) is 2.34. The first kappa shape index (κ1) is 12.7. The number of hydrogen-bond acceptors (Lipinski definition) is 4. The molecule has 1 saturated carbocycles. The number of aromatic nitrogens is 4. The summed E-state index contributed by atoms with van der Waals surface area (Å²) in [6.45, 7) is 2.07. The van der Waals surface area contributed by atoms with E-state index >= 15 is 0 Å². The van der Waals surface area contributed by atoms with Crippen molar-refractivity contribution in [3.05, 3.63) is 40.1 Å². The molecule has 1 heterocycles. The van der Waals surface area contributed by atoms with Crippen LogP contribution in [0.1, 0.15) is 43.1 Å². The van der Waals surface area contributed by atoms with E-state index in [-0.39, 0.29) is 6.04 Å². The summed E-state index contributed by atoms with van der Waals surface area (Å²) in [4.78, 5) is 0. The fourth-order valence-corrected chi connectivity index (χ4v) is 2.81. The molecule has 0 radical (unpaired) electrons. The van der Waals surface area contributed by atoms with E-state index in [0.29, 0.717) is 12.0 Å². The zero-order valence-electron chi connectivity index (χ0n) is 10.7. The van der Waals surface area contributed by atoms with E-state index in [2.05, 4.69) is 73.1 Å². The second-order valence-corrected chi connectivity index (χ2v) is 5.99. The molecule has 1 aromatic carbocycles. The molecule has 0 aliphatic heterocycles. The van der Waals surface area contributed by atoms with Crippen LogP contribution >= 0.6 is 15.9 Å². The quantitative estimate of drug-likeness (QED) is 0.908. The highest BCUT2D eigenvalue weighted by Crippen LogP contribution is 2.38. The van der Waals surface area contributed by atoms with Gasteiger partial charge in [0.2, 0.25) is 0 Å². The first-order valence-electron chi connectivity index (χ1n) is 6.47. The van der Waals surface area contributed by atoms with Crippen molar-refractivity contribution in [1.82, 2.24) is 25.9 Å². The van der Waals surface area contributed by atoms with Crippen molar-refractivity contribution in [3.63, 3.8) is 0 Å². The Kier molecular flexibility index (Phi) is 3.61. The van der Waals surface area contributed by atoms with Gasteiger partial charge in [0.05, 0.1) is 6.04 Å². The summed E-state index contributed by atoms with van der Waals surface area (Å²) in [6, 6.07) is 9.31. The normalized spacial score (nSPS) is 23.9. The minimum Gasteiger partial charge on any atom is -0.305 e.